The van der Waals surface area contributed by atoms with E-state index in [4.69, 9.17) is 21.7 Å². The van der Waals surface area contributed by atoms with Gasteiger partial charge >= 0.3 is 11.9 Å². The Kier molecular flexibility index (Phi) is 11.9. The van der Waals surface area contributed by atoms with Crippen molar-refractivity contribution in [1.82, 2.24) is 16.0 Å². The van der Waals surface area contributed by atoms with Crippen molar-refractivity contribution in [3.05, 3.63) is 0 Å². The molecule has 32 heavy (non-hydrogen) atoms. The summed E-state index contributed by atoms with van der Waals surface area (Å²) in [6.07, 6.45) is -1.22. The van der Waals surface area contributed by atoms with E-state index >= 15 is 0 Å². The van der Waals surface area contributed by atoms with Crippen molar-refractivity contribution in [2.24, 2.45) is 23.3 Å². The van der Waals surface area contributed by atoms with Crippen molar-refractivity contribution in [2.45, 2.75) is 71.1 Å². The number of amides is 4. The van der Waals surface area contributed by atoms with Gasteiger partial charge in [-0.25, -0.2) is 4.79 Å². The highest BCUT2D eigenvalue weighted by molar-refractivity contribution is 5.96. The molecule has 4 unspecified atom stereocenters. The topological polar surface area (TPSA) is 231 Å². The van der Waals surface area contributed by atoms with Crippen LogP contribution in [0.2, 0.25) is 0 Å². The van der Waals surface area contributed by atoms with Crippen molar-refractivity contribution in [3.8, 4) is 0 Å². The minimum atomic E-state index is -1.79. The number of primary amides is 1. The number of hydrogen-bond acceptors (Lipinski definition) is 7. The normalized spacial score (nSPS) is 14.7. The quantitative estimate of drug-likeness (QED) is 0.151. The van der Waals surface area contributed by atoms with Gasteiger partial charge in [0.05, 0.1) is 18.9 Å². The summed E-state index contributed by atoms with van der Waals surface area (Å²) in [6, 6.07) is -5.35. The molecule has 0 saturated heterocycles. The van der Waals surface area contributed by atoms with E-state index in [2.05, 4.69) is 10.6 Å². The average Bonchev–Trinajstić information content (AvgIpc) is 2.62. The van der Waals surface area contributed by atoms with Crippen LogP contribution < -0.4 is 27.4 Å². The summed E-state index contributed by atoms with van der Waals surface area (Å²) in [6.45, 7) is 7.02. The second kappa shape index (κ2) is 13.2. The molecule has 0 aromatic rings. The van der Waals surface area contributed by atoms with Crippen molar-refractivity contribution < 1.29 is 39.0 Å². The van der Waals surface area contributed by atoms with E-state index in [1.807, 2.05) is 19.2 Å². The molecule has 4 atom stereocenters. The van der Waals surface area contributed by atoms with Crippen LogP contribution in [0, 0.1) is 11.8 Å². The molecule has 0 aromatic carbocycles. The average molecular weight is 460 g/mol. The number of nitrogens with two attached hydrogens (primary N) is 2. The van der Waals surface area contributed by atoms with Crippen LogP contribution in [0.15, 0.2) is 0 Å². The second-order valence-corrected chi connectivity index (χ2v) is 8.20. The number of carboxylic acids is 2. The first-order valence-corrected chi connectivity index (χ1v) is 10.0. The highest BCUT2D eigenvalue weighted by atomic mass is 16.4. The van der Waals surface area contributed by atoms with Crippen LogP contribution >= 0.6 is 0 Å². The molecule has 0 bridgehead atoms. The van der Waals surface area contributed by atoms with Gasteiger partial charge in [-0.1, -0.05) is 27.7 Å². The lowest BCUT2D eigenvalue weighted by Gasteiger charge is -2.26. The van der Waals surface area contributed by atoms with Gasteiger partial charge in [-0.15, -0.1) is 0 Å². The summed E-state index contributed by atoms with van der Waals surface area (Å²) in [4.78, 5) is 70.9. The summed E-state index contributed by atoms with van der Waals surface area (Å²) >= 11 is 0. The Morgan fingerprint density at radius 3 is 1.72 bits per heavy atom. The number of nitrogens with one attached hydrogen (secondary N) is 3. The molecule has 13 heteroatoms. The van der Waals surface area contributed by atoms with E-state index in [0.717, 1.165) is 0 Å². The van der Waals surface area contributed by atoms with Gasteiger partial charge in [0.2, 0.25) is 23.6 Å². The number of aliphatic carboxylic acids is 2. The molecule has 182 valence electrons. The molecule has 13 nitrogen and oxygen atoms in total. The Morgan fingerprint density at radius 2 is 1.31 bits per heavy atom. The molecule has 0 radical (unpaired) electrons. The SMILES string of the molecule is CC(C)CC(N)C(=O)NC(C(=O)NC(CC(N)=O)C(=O)NC(CC(=O)O)C(=O)O)C(C)C. The fraction of sp³-hybridized carbons (Fsp3) is 0.684. The van der Waals surface area contributed by atoms with Crippen molar-refractivity contribution >= 4 is 35.6 Å². The lowest BCUT2D eigenvalue weighted by atomic mass is 10.00. The van der Waals surface area contributed by atoms with Crippen LogP contribution in [0.5, 0.6) is 0 Å². The van der Waals surface area contributed by atoms with E-state index in [-0.39, 0.29) is 5.92 Å². The van der Waals surface area contributed by atoms with Crippen LogP contribution in [-0.2, 0) is 28.8 Å². The highest BCUT2D eigenvalue weighted by Crippen LogP contribution is 2.07. The third-order valence-corrected chi connectivity index (χ3v) is 4.34. The summed E-state index contributed by atoms with van der Waals surface area (Å²) < 4.78 is 0. The lowest BCUT2D eigenvalue weighted by molar-refractivity contribution is -0.147. The van der Waals surface area contributed by atoms with Gasteiger partial charge in [0, 0.05) is 0 Å². The number of rotatable bonds is 14. The second-order valence-electron chi connectivity index (χ2n) is 8.20. The van der Waals surface area contributed by atoms with Gasteiger partial charge in [0.15, 0.2) is 0 Å². The first-order chi connectivity index (χ1) is 14.6. The molecule has 0 rings (SSSR count). The molecule has 0 aliphatic carbocycles. The maximum absolute atomic E-state index is 12.7. The maximum Gasteiger partial charge on any atom is 0.326 e. The van der Waals surface area contributed by atoms with Crippen molar-refractivity contribution in [3.63, 3.8) is 0 Å². The van der Waals surface area contributed by atoms with Gasteiger partial charge in [0.1, 0.15) is 18.1 Å². The number of hydrogen-bond donors (Lipinski definition) is 7. The minimum absolute atomic E-state index is 0.138. The van der Waals surface area contributed by atoms with Gasteiger partial charge < -0.3 is 37.6 Å². The summed E-state index contributed by atoms with van der Waals surface area (Å²) in [7, 11) is 0. The molecule has 0 fully saturated rings. The van der Waals surface area contributed by atoms with E-state index in [9.17, 15) is 28.8 Å². The molecule has 0 saturated carbocycles. The number of carboxylic acid groups (broad SMARTS) is 2. The standard InChI is InChI=1S/C19H33N5O8/c1-8(2)5-10(20)16(28)24-15(9(3)4)18(30)22-11(6-13(21)25)17(29)23-12(19(31)32)7-14(26)27/h8-12,15H,5-7,20H2,1-4H3,(H2,21,25)(H,22,30)(H,23,29)(H,24,28)(H,26,27)(H,31,32). The van der Waals surface area contributed by atoms with E-state index in [1.165, 1.54) is 0 Å². The summed E-state index contributed by atoms with van der Waals surface area (Å²) in [5.74, 6) is -6.87. The fourth-order valence-electron chi connectivity index (χ4n) is 2.73. The van der Waals surface area contributed by atoms with Crippen LogP contribution in [0.25, 0.3) is 0 Å². The summed E-state index contributed by atoms with van der Waals surface area (Å²) in [5.41, 5.74) is 10.9. The molecule has 0 heterocycles. The molecule has 0 aliphatic rings. The van der Waals surface area contributed by atoms with Crippen LogP contribution in [-0.4, -0.2) is 69.9 Å². The molecule has 0 spiro atoms. The Labute approximate surface area is 185 Å². The minimum Gasteiger partial charge on any atom is -0.481 e. The van der Waals surface area contributed by atoms with Crippen LogP contribution in [0.4, 0.5) is 0 Å². The molecular weight excluding hydrogens is 426 g/mol. The first-order valence-electron chi connectivity index (χ1n) is 10.0. The van der Waals surface area contributed by atoms with Gasteiger partial charge in [0.25, 0.3) is 0 Å². The Hall–Kier alpha value is -3.22. The highest BCUT2D eigenvalue weighted by Gasteiger charge is 2.33. The van der Waals surface area contributed by atoms with Crippen LogP contribution in [0.1, 0.15) is 47.0 Å². The van der Waals surface area contributed by atoms with Crippen molar-refractivity contribution in [2.75, 3.05) is 0 Å². The molecule has 0 aromatic heterocycles. The zero-order chi connectivity index (χ0) is 25.2. The largest absolute Gasteiger partial charge is 0.481 e. The van der Waals surface area contributed by atoms with E-state index in [0.29, 0.717) is 6.42 Å². The van der Waals surface area contributed by atoms with Gasteiger partial charge in [-0.05, 0) is 18.3 Å². The zero-order valence-corrected chi connectivity index (χ0v) is 18.6. The summed E-state index contributed by atoms with van der Waals surface area (Å²) in [5, 5.41) is 24.6. The molecular formula is C19H33N5O8. The van der Waals surface area contributed by atoms with Gasteiger partial charge in [-0.2, -0.15) is 0 Å². The Bertz CT molecular complexity index is 725. The van der Waals surface area contributed by atoms with Gasteiger partial charge in [-0.3, -0.25) is 24.0 Å². The predicted molar refractivity (Wildman–Crippen MR) is 112 cm³/mol. The monoisotopic (exact) mass is 459 g/mol. The first kappa shape index (κ1) is 28.8. The molecule has 4 amide bonds. The predicted octanol–water partition coefficient (Wildman–Crippen LogP) is -2.10. The fourth-order valence-corrected chi connectivity index (χ4v) is 2.73. The van der Waals surface area contributed by atoms with Crippen LogP contribution in [0.3, 0.4) is 0 Å². The van der Waals surface area contributed by atoms with E-state index < -0.39 is 78.5 Å². The maximum atomic E-state index is 12.7. The number of carbonyl (C=O) groups excluding carboxylic acids is 4. The van der Waals surface area contributed by atoms with Crippen molar-refractivity contribution in [1.29, 1.82) is 0 Å². The zero-order valence-electron chi connectivity index (χ0n) is 18.6. The third-order valence-electron chi connectivity index (χ3n) is 4.34. The molecule has 0 aliphatic heterocycles. The number of carbonyl (C=O) groups is 6. The lowest BCUT2D eigenvalue weighted by Crippen LogP contribution is -2.59. The third kappa shape index (κ3) is 10.7. The molecule has 9 N–H and O–H groups in total. The smallest absolute Gasteiger partial charge is 0.326 e. The van der Waals surface area contributed by atoms with E-state index in [1.54, 1.807) is 13.8 Å². The Balaban J connectivity index is 5.47. The Morgan fingerprint density at radius 1 is 0.781 bits per heavy atom.